The molecule has 0 aliphatic rings. The molecule has 0 amide bonds. The van der Waals surface area contributed by atoms with Crippen molar-refractivity contribution in [3.05, 3.63) is 48.8 Å². The molecule has 1 aromatic carbocycles. The highest BCUT2D eigenvalue weighted by molar-refractivity contribution is 5.73. The molecule has 0 aliphatic carbocycles. The fourth-order valence-corrected chi connectivity index (χ4v) is 2.37. The van der Waals surface area contributed by atoms with Gasteiger partial charge in [-0.2, -0.15) is 0 Å². The zero-order valence-corrected chi connectivity index (χ0v) is 14.9. The van der Waals surface area contributed by atoms with Crippen LogP contribution < -0.4 is 10.5 Å². The Labute approximate surface area is 147 Å². The van der Waals surface area contributed by atoms with E-state index in [1.165, 1.54) is 18.2 Å². The smallest absolute Gasteiger partial charge is 0.145 e. The lowest BCUT2D eigenvalue weighted by Crippen LogP contribution is -2.12. The van der Waals surface area contributed by atoms with Gasteiger partial charge in [-0.1, -0.05) is 19.8 Å². The summed E-state index contributed by atoms with van der Waals surface area (Å²) in [5.74, 6) is 0.125. The van der Waals surface area contributed by atoms with Crippen molar-refractivity contribution in [1.29, 1.82) is 0 Å². The van der Waals surface area contributed by atoms with Crippen molar-refractivity contribution >= 4 is 16.7 Å². The highest BCUT2D eigenvalue weighted by atomic mass is 19.1. The normalized spacial score (nSPS) is 11.7. The van der Waals surface area contributed by atoms with Gasteiger partial charge in [0.15, 0.2) is 0 Å². The number of benzene rings is 1. The summed E-state index contributed by atoms with van der Waals surface area (Å²) in [5, 5.41) is 0. The van der Waals surface area contributed by atoms with E-state index in [0.29, 0.717) is 11.4 Å². The third-order valence-corrected chi connectivity index (χ3v) is 3.83. The van der Waals surface area contributed by atoms with Crippen LogP contribution in [0.5, 0.6) is 5.75 Å². The summed E-state index contributed by atoms with van der Waals surface area (Å²) in [7, 11) is 1.98. The molecule has 2 heterocycles. The number of aryl methyl sites for hydroxylation is 1. The number of aromatic nitrogens is 3. The topological polar surface area (TPSA) is 66.0 Å². The van der Waals surface area contributed by atoms with Crippen LogP contribution in [0.25, 0.3) is 11.0 Å². The average Bonchev–Trinajstić information content (AvgIpc) is 2.98. The standard InChI is InChI=1S/C12H18FNO.C7H7N3/c1-3-4-5-9(2)15-12-8-10(13)6-7-11(12)14;1-10-3-2-6-7(10)4-8-5-9-6/h6-9H,3-5,14H2,1-2H3;2-5H,1H3. The molecule has 0 saturated carbocycles. The van der Waals surface area contributed by atoms with Gasteiger partial charge in [-0.3, -0.25) is 0 Å². The largest absolute Gasteiger partial charge is 0.488 e. The summed E-state index contributed by atoms with van der Waals surface area (Å²) in [6.45, 7) is 4.10. The maximum absolute atomic E-state index is 12.9. The van der Waals surface area contributed by atoms with Gasteiger partial charge >= 0.3 is 0 Å². The molecule has 3 aromatic rings. The Morgan fingerprint density at radius 1 is 1.32 bits per heavy atom. The van der Waals surface area contributed by atoms with Crippen molar-refractivity contribution in [3.63, 3.8) is 0 Å². The highest BCUT2D eigenvalue weighted by Crippen LogP contribution is 2.24. The number of hydrogen-bond donors (Lipinski definition) is 1. The number of rotatable bonds is 5. The van der Waals surface area contributed by atoms with Gasteiger partial charge in [0.05, 0.1) is 29.0 Å². The van der Waals surface area contributed by atoms with Crippen LogP contribution in [0.15, 0.2) is 43.0 Å². The van der Waals surface area contributed by atoms with Gasteiger partial charge in [-0.15, -0.1) is 0 Å². The van der Waals surface area contributed by atoms with Crippen LogP contribution in [0.3, 0.4) is 0 Å². The molecule has 6 heteroatoms. The maximum atomic E-state index is 12.9. The van der Waals surface area contributed by atoms with Crippen molar-refractivity contribution in [1.82, 2.24) is 14.5 Å². The van der Waals surface area contributed by atoms with E-state index >= 15 is 0 Å². The lowest BCUT2D eigenvalue weighted by Gasteiger charge is -2.15. The van der Waals surface area contributed by atoms with Crippen LogP contribution in [-0.2, 0) is 7.05 Å². The van der Waals surface area contributed by atoms with Crippen LogP contribution in [0, 0.1) is 5.82 Å². The van der Waals surface area contributed by atoms with Crippen molar-refractivity contribution in [3.8, 4) is 5.75 Å². The molecule has 0 bridgehead atoms. The summed E-state index contributed by atoms with van der Waals surface area (Å²) in [4.78, 5) is 7.98. The third-order valence-electron chi connectivity index (χ3n) is 3.83. The minimum atomic E-state index is -0.318. The fourth-order valence-electron chi connectivity index (χ4n) is 2.37. The minimum absolute atomic E-state index is 0.0778. The van der Waals surface area contributed by atoms with E-state index in [-0.39, 0.29) is 11.9 Å². The second-order valence-corrected chi connectivity index (χ2v) is 5.97. The first-order valence-corrected chi connectivity index (χ1v) is 8.44. The molecular formula is C19H25FN4O. The Balaban J connectivity index is 0.000000194. The van der Waals surface area contributed by atoms with Gasteiger partial charge in [-0.25, -0.2) is 14.4 Å². The Bertz CT molecular complexity index is 803. The zero-order chi connectivity index (χ0) is 18.2. The van der Waals surface area contributed by atoms with Crippen molar-refractivity contribution in [2.24, 2.45) is 7.05 Å². The monoisotopic (exact) mass is 344 g/mol. The number of nitrogens with zero attached hydrogens (tertiary/aromatic N) is 3. The number of halogens is 1. The SMILES string of the molecule is CCCCC(C)Oc1cc(F)ccc1N.Cn1ccc2ncncc21. The molecule has 0 radical (unpaired) electrons. The molecule has 134 valence electrons. The number of nitrogens with two attached hydrogens (primary N) is 1. The fraction of sp³-hybridized carbons (Fsp3) is 0.368. The Kier molecular flexibility index (Phi) is 6.74. The van der Waals surface area contributed by atoms with Crippen molar-refractivity contribution in [2.75, 3.05) is 5.73 Å². The van der Waals surface area contributed by atoms with E-state index in [4.69, 9.17) is 10.5 Å². The molecule has 1 unspecified atom stereocenters. The molecule has 1 atom stereocenters. The molecule has 0 aliphatic heterocycles. The second kappa shape index (κ2) is 9.01. The number of fused-ring (bicyclic) bond motifs is 1. The van der Waals surface area contributed by atoms with E-state index in [1.807, 2.05) is 37.0 Å². The van der Waals surface area contributed by atoms with Gasteiger partial charge in [0, 0.05) is 19.3 Å². The van der Waals surface area contributed by atoms with Crippen LogP contribution in [-0.4, -0.2) is 20.6 Å². The highest BCUT2D eigenvalue weighted by Gasteiger charge is 2.07. The van der Waals surface area contributed by atoms with Crippen LogP contribution in [0.2, 0.25) is 0 Å². The summed E-state index contributed by atoms with van der Waals surface area (Å²) in [6, 6.07) is 6.16. The summed E-state index contributed by atoms with van der Waals surface area (Å²) < 4.78 is 20.5. The second-order valence-electron chi connectivity index (χ2n) is 5.97. The lowest BCUT2D eigenvalue weighted by atomic mass is 10.2. The van der Waals surface area contributed by atoms with Crippen LogP contribution in [0.1, 0.15) is 33.1 Å². The molecule has 25 heavy (non-hydrogen) atoms. The van der Waals surface area contributed by atoms with E-state index in [2.05, 4.69) is 16.9 Å². The van der Waals surface area contributed by atoms with Gasteiger partial charge in [0.2, 0.25) is 0 Å². The predicted molar refractivity (Wildman–Crippen MR) is 98.9 cm³/mol. The van der Waals surface area contributed by atoms with E-state index in [0.717, 1.165) is 30.3 Å². The number of unbranched alkanes of at least 4 members (excludes halogenated alkanes) is 1. The third kappa shape index (κ3) is 5.45. The van der Waals surface area contributed by atoms with Gasteiger partial charge in [0.1, 0.15) is 17.9 Å². The zero-order valence-electron chi connectivity index (χ0n) is 14.9. The molecule has 0 fully saturated rings. The van der Waals surface area contributed by atoms with Crippen LogP contribution in [0.4, 0.5) is 10.1 Å². The lowest BCUT2D eigenvalue weighted by molar-refractivity contribution is 0.208. The number of hydrogen-bond acceptors (Lipinski definition) is 4. The molecule has 2 N–H and O–H groups in total. The number of ether oxygens (including phenoxy) is 1. The van der Waals surface area contributed by atoms with Crippen LogP contribution >= 0.6 is 0 Å². The van der Waals surface area contributed by atoms with Gasteiger partial charge in [-0.05, 0) is 31.5 Å². The van der Waals surface area contributed by atoms with E-state index in [9.17, 15) is 4.39 Å². The number of nitrogen functional groups attached to an aromatic ring is 1. The molecule has 0 spiro atoms. The summed E-state index contributed by atoms with van der Waals surface area (Å²) >= 11 is 0. The molecule has 5 nitrogen and oxygen atoms in total. The van der Waals surface area contributed by atoms with Crippen molar-refractivity contribution < 1.29 is 9.13 Å². The van der Waals surface area contributed by atoms with Crippen molar-refractivity contribution in [2.45, 2.75) is 39.2 Å². The van der Waals surface area contributed by atoms with Gasteiger partial charge in [0.25, 0.3) is 0 Å². The summed E-state index contributed by atoms with van der Waals surface area (Å²) in [6.07, 6.45) is 8.62. The Morgan fingerprint density at radius 3 is 2.84 bits per heavy atom. The maximum Gasteiger partial charge on any atom is 0.145 e. The average molecular weight is 344 g/mol. The first kappa shape index (κ1) is 18.7. The molecule has 0 saturated heterocycles. The van der Waals surface area contributed by atoms with E-state index < -0.39 is 0 Å². The predicted octanol–water partition coefficient (Wildman–Crippen LogP) is 4.33. The quantitative estimate of drug-likeness (QED) is 0.700. The molecular weight excluding hydrogens is 319 g/mol. The minimum Gasteiger partial charge on any atom is -0.488 e. The Hall–Kier alpha value is -2.63. The molecule has 2 aromatic heterocycles. The first-order valence-electron chi connectivity index (χ1n) is 8.44. The Morgan fingerprint density at radius 2 is 2.12 bits per heavy atom. The number of anilines is 1. The van der Waals surface area contributed by atoms with E-state index in [1.54, 1.807) is 6.33 Å². The first-order chi connectivity index (χ1) is 12.0. The molecule has 3 rings (SSSR count). The summed E-state index contributed by atoms with van der Waals surface area (Å²) in [5.41, 5.74) is 8.23. The van der Waals surface area contributed by atoms with Gasteiger partial charge < -0.3 is 15.0 Å².